The molecule has 0 saturated carbocycles. The highest BCUT2D eigenvalue weighted by atomic mass is 35.5. The van der Waals surface area contributed by atoms with Crippen LogP contribution in [-0.4, -0.2) is 28.7 Å². The van der Waals surface area contributed by atoms with Crippen molar-refractivity contribution in [3.63, 3.8) is 0 Å². The van der Waals surface area contributed by atoms with E-state index < -0.39 is 0 Å². The quantitative estimate of drug-likeness (QED) is 0.812. The van der Waals surface area contributed by atoms with Crippen LogP contribution in [0.15, 0.2) is 36.9 Å². The summed E-state index contributed by atoms with van der Waals surface area (Å²) in [5.74, 6) is 0.964. The highest BCUT2D eigenvalue weighted by Gasteiger charge is 2.21. The molecular weight excluding hydrogens is 304 g/mol. The van der Waals surface area contributed by atoms with E-state index in [-0.39, 0.29) is 18.4 Å². The SMILES string of the molecule is CCOC(=O)c1ccc2c(c1)CC(Cn1ccnc1)CO2.Cl. The molecule has 1 unspecified atom stereocenters. The van der Waals surface area contributed by atoms with Crippen molar-refractivity contribution in [3.8, 4) is 5.75 Å². The first-order valence-electron chi connectivity index (χ1n) is 7.15. The number of carbonyl (C=O) groups is 1. The molecule has 5 nitrogen and oxygen atoms in total. The zero-order valence-corrected chi connectivity index (χ0v) is 13.2. The van der Waals surface area contributed by atoms with Gasteiger partial charge in [0.05, 0.1) is 25.1 Å². The summed E-state index contributed by atoms with van der Waals surface area (Å²) in [6.45, 7) is 3.74. The fraction of sp³-hybridized carbons (Fsp3) is 0.375. The van der Waals surface area contributed by atoms with Crippen LogP contribution in [0.2, 0.25) is 0 Å². The number of carbonyl (C=O) groups excluding carboxylic acids is 1. The Morgan fingerprint density at radius 3 is 3.09 bits per heavy atom. The molecule has 1 aromatic heterocycles. The highest BCUT2D eigenvalue weighted by molar-refractivity contribution is 5.89. The summed E-state index contributed by atoms with van der Waals surface area (Å²) < 4.78 is 12.9. The average molecular weight is 323 g/mol. The Morgan fingerprint density at radius 1 is 1.50 bits per heavy atom. The van der Waals surface area contributed by atoms with E-state index in [9.17, 15) is 4.79 Å². The van der Waals surface area contributed by atoms with Crippen molar-refractivity contribution in [2.75, 3.05) is 13.2 Å². The van der Waals surface area contributed by atoms with Gasteiger partial charge in [-0.1, -0.05) is 0 Å². The van der Waals surface area contributed by atoms with Gasteiger partial charge >= 0.3 is 5.97 Å². The maximum Gasteiger partial charge on any atom is 0.338 e. The van der Waals surface area contributed by atoms with Crippen LogP contribution in [0.3, 0.4) is 0 Å². The predicted molar refractivity (Wildman–Crippen MR) is 84.6 cm³/mol. The lowest BCUT2D eigenvalue weighted by Crippen LogP contribution is -2.25. The van der Waals surface area contributed by atoms with Crippen LogP contribution in [-0.2, 0) is 17.7 Å². The van der Waals surface area contributed by atoms with Gasteiger partial charge in [0.25, 0.3) is 0 Å². The van der Waals surface area contributed by atoms with Gasteiger partial charge in [-0.15, -0.1) is 12.4 Å². The van der Waals surface area contributed by atoms with E-state index in [0.717, 1.165) is 24.3 Å². The summed E-state index contributed by atoms with van der Waals surface area (Å²) in [6.07, 6.45) is 6.42. The van der Waals surface area contributed by atoms with Gasteiger partial charge in [-0.05, 0) is 37.1 Å². The standard InChI is InChI=1S/C16H18N2O3.ClH/c1-2-20-16(19)13-3-4-15-14(8-13)7-12(10-21-15)9-18-6-5-17-11-18;/h3-6,8,11-12H,2,7,9-10H2,1H3;1H. The normalized spacial score (nSPS) is 16.1. The van der Waals surface area contributed by atoms with Crippen LogP contribution in [0.4, 0.5) is 0 Å². The van der Waals surface area contributed by atoms with Gasteiger partial charge in [0.15, 0.2) is 0 Å². The minimum atomic E-state index is -0.281. The summed E-state index contributed by atoms with van der Waals surface area (Å²) >= 11 is 0. The molecule has 6 heteroatoms. The molecule has 118 valence electrons. The number of ether oxygens (including phenoxy) is 2. The van der Waals surface area contributed by atoms with Gasteiger partial charge in [-0.3, -0.25) is 0 Å². The van der Waals surface area contributed by atoms with Gasteiger partial charge in [0.2, 0.25) is 0 Å². The van der Waals surface area contributed by atoms with E-state index >= 15 is 0 Å². The molecule has 3 rings (SSSR count). The summed E-state index contributed by atoms with van der Waals surface area (Å²) in [7, 11) is 0. The number of imidazole rings is 1. The van der Waals surface area contributed by atoms with Crippen molar-refractivity contribution in [2.24, 2.45) is 5.92 Å². The molecule has 0 spiro atoms. The van der Waals surface area contributed by atoms with E-state index in [1.807, 2.05) is 29.2 Å². The van der Waals surface area contributed by atoms with E-state index in [4.69, 9.17) is 9.47 Å². The molecular formula is C16H19ClN2O3. The maximum atomic E-state index is 11.8. The predicted octanol–water partition coefficient (Wildman–Crippen LogP) is 2.73. The first-order valence-corrected chi connectivity index (χ1v) is 7.15. The van der Waals surface area contributed by atoms with Crippen molar-refractivity contribution in [2.45, 2.75) is 19.9 Å². The zero-order chi connectivity index (χ0) is 14.7. The molecule has 1 aliphatic heterocycles. The van der Waals surface area contributed by atoms with Crippen molar-refractivity contribution >= 4 is 18.4 Å². The minimum absolute atomic E-state index is 0. The van der Waals surface area contributed by atoms with Gasteiger partial charge in [0.1, 0.15) is 5.75 Å². The molecule has 0 amide bonds. The second-order valence-electron chi connectivity index (χ2n) is 5.18. The highest BCUT2D eigenvalue weighted by Crippen LogP contribution is 2.29. The molecule has 2 heterocycles. The monoisotopic (exact) mass is 322 g/mol. The Morgan fingerprint density at radius 2 is 2.36 bits per heavy atom. The lowest BCUT2D eigenvalue weighted by molar-refractivity contribution is 0.0526. The third-order valence-electron chi connectivity index (χ3n) is 3.58. The van der Waals surface area contributed by atoms with Crippen LogP contribution in [0.1, 0.15) is 22.8 Å². The van der Waals surface area contributed by atoms with Crippen LogP contribution in [0.5, 0.6) is 5.75 Å². The Hall–Kier alpha value is -2.01. The molecule has 2 aromatic rings. The number of aromatic nitrogens is 2. The van der Waals surface area contributed by atoms with Crippen LogP contribution in [0.25, 0.3) is 0 Å². The third-order valence-corrected chi connectivity index (χ3v) is 3.58. The van der Waals surface area contributed by atoms with Gasteiger partial charge in [0, 0.05) is 24.9 Å². The lowest BCUT2D eigenvalue weighted by atomic mass is 9.95. The number of esters is 1. The second kappa shape index (κ2) is 7.31. The van der Waals surface area contributed by atoms with E-state index in [2.05, 4.69) is 4.98 Å². The zero-order valence-electron chi connectivity index (χ0n) is 12.4. The first-order chi connectivity index (χ1) is 10.3. The number of benzene rings is 1. The molecule has 0 N–H and O–H groups in total. The Bertz CT molecular complexity index is 628. The molecule has 1 aliphatic rings. The Balaban J connectivity index is 0.00000176. The first kappa shape index (κ1) is 16.4. The Labute approximate surface area is 135 Å². The summed E-state index contributed by atoms with van der Waals surface area (Å²) in [5.41, 5.74) is 1.65. The third kappa shape index (κ3) is 3.60. The van der Waals surface area contributed by atoms with Gasteiger partial charge in [-0.25, -0.2) is 9.78 Å². The number of hydrogen-bond acceptors (Lipinski definition) is 4. The number of hydrogen-bond donors (Lipinski definition) is 0. The molecule has 1 aromatic carbocycles. The molecule has 0 aliphatic carbocycles. The molecule has 0 saturated heterocycles. The maximum absolute atomic E-state index is 11.8. The van der Waals surface area contributed by atoms with E-state index in [0.29, 0.717) is 24.7 Å². The van der Waals surface area contributed by atoms with Crippen LogP contribution < -0.4 is 4.74 Å². The van der Waals surface area contributed by atoms with Gasteiger partial charge in [-0.2, -0.15) is 0 Å². The molecule has 1 atom stereocenters. The van der Waals surface area contributed by atoms with Crippen molar-refractivity contribution in [3.05, 3.63) is 48.0 Å². The molecule has 0 radical (unpaired) electrons. The van der Waals surface area contributed by atoms with Gasteiger partial charge < -0.3 is 14.0 Å². The number of fused-ring (bicyclic) bond motifs is 1. The van der Waals surface area contributed by atoms with Crippen molar-refractivity contribution in [1.29, 1.82) is 0 Å². The van der Waals surface area contributed by atoms with E-state index in [1.54, 1.807) is 19.2 Å². The van der Waals surface area contributed by atoms with Crippen LogP contribution in [0, 0.1) is 5.92 Å². The van der Waals surface area contributed by atoms with E-state index in [1.165, 1.54) is 0 Å². The number of rotatable bonds is 4. The fourth-order valence-corrected chi connectivity index (χ4v) is 2.61. The largest absolute Gasteiger partial charge is 0.493 e. The topological polar surface area (TPSA) is 53.4 Å². The van der Waals surface area contributed by atoms with Crippen molar-refractivity contribution in [1.82, 2.24) is 9.55 Å². The van der Waals surface area contributed by atoms with Crippen molar-refractivity contribution < 1.29 is 14.3 Å². The summed E-state index contributed by atoms with van der Waals surface area (Å²) in [6, 6.07) is 5.50. The molecule has 0 fully saturated rings. The lowest BCUT2D eigenvalue weighted by Gasteiger charge is -2.25. The Kier molecular flexibility index (Phi) is 5.44. The second-order valence-corrected chi connectivity index (χ2v) is 5.18. The average Bonchev–Trinajstić information content (AvgIpc) is 2.99. The smallest absolute Gasteiger partial charge is 0.338 e. The minimum Gasteiger partial charge on any atom is -0.493 e. The van der Waals surface area contributed by atoms with Crippen LogP contribution >= 0.6 is 12.4 Å². The molecule has 22 heavy (non-hydrogen) atoms. The fourth-order valence-electron chi connectivity index (χ4n) is 2.61. The summed E-state index contributed by atoms with van der Waals surface area (Å²) in [4.78, 5) is 15.8. The number of nitrogens with zero attached hydrogens (tertiary/aromatic N) is 2. The number of halogens is 1. The molecule has 0 bridgehead atoms. The summed E-state index contributed by atoms with van der Waals surface area (Å²) in [5, 5.41) is 0.